The number of aryl methyl sites for hydroxylation is 2. The van der Waals surface area contributed by atoms with Crippen molar-refractivity contribution >= 4 is 23.0 Å². The van der Waals surface area contributed by atoms with E-state index in [1.54, 1.807) is 6.92 Å². The van der Waals surface area contributed by atoms with Gasteiger partial charge in [-0.25, -0.2) is 0 Å². The number of nitrogens with zero attached hydrogens (tertiary/aromatic N) is 2. The molecule has 4 heteroatoms. The fraction of sp³-hybridized carbons (Fsp3) is 0.263. The second kappa shape index (κ2) is 6.65. The maximum absolute atomic E-state index is 12.1. The lowest BCUT2D eigenvalue weighted by Crippen LogP contribution is -2.39. The fourth-order valence-corrected chi connectivity index (χ4v) is 2.83. The molecule has 2 aromatic rings. The number of fused-ring (bicyclic) bond motifs is 1. The number of hydrogen-bond donors (Lipinski definition) is 1. The summed E-state index contributed by atoms with van der Waals surface area (Å²) in [5.74, 6) is 0.416. The predicted molar refractivity (Wildman–Crippen MR) is 95.0 cm³/mol. The van der Waals surface area contributed by atoms with Crippen LogP contribution in [0.1, 0.15) is 24.5 Å². The van der Waals surface area contributed by atoms with E-state index in [9.17, 15) is 4.79 Å². The third-order valence-electron chi connectivity index (χ3n) is 4.02. The monoisotopic (exact) mass is 307 g/mol. The molecule has 0 atom stereocenters. The molecule has 0 amide bonds. The molecule has 0 aromatic heterocycles. The third-order valence-corrected chi connectivity index (χ3v) is 4.02. The van der Waals surface area contributed by atoms with Gasteiger partial charge >= 0.3 is 0 Å². The first-order valence-corrected chi connectivity index (χ1v) is 7.92. The summed E-state index contributed by atoms with van der Waals surface area (Å²) >= 11 is 0. The van der Waals surface area contributed by atoms with Gasteiger partial charge in [-0.15, -0.1) is 0 Å². The van der Waals surface area contributed by atoms with E-state index in [1.807, 2.05) is 48.2 Å². The van der Waals surface area contributed by atoms with E-state index in [-0.39, 0.29) is 5.78 Å². The van der Waals surface area contributed by atoms with Gasteiger partial charge in [0.2, 0.25) is 0 Å². The van der Waals surface area contributed by atoms with Gasteiger partial charge in [0.15, 0.2) is 11.6 Å². The quantitative estimate of drug-likeness (QED) is 0.533. The molecule has 2 aromatic carbocycles. The average molecular weight is 307 g/mol. The Balaban J connectivity index is 1.89. The Kier molecular flexibility index (Phi) is 4.42. The summed E-state index contributed by atoms with van der Waals surface area (Å²) in [6, 6.07) is 16.2. The molecular formula is C19H21N3O. The predicted octanol–water partition coefficient (Wildman–Crippen LogP) is 3.76. The average Bonchev–Trinajstić information content (AvgIpc) is 2.56. The van der Waals surface area contributed by atoms with Crippen molar-refractivity contribution < 1.29 is 4.79 Å². The Hall–Kier alpha value is -2.62. The molecule has 23 heavy (non-hydrogen) atoms. The topological polar surface area (TPSA) is 44.7 Å². The molecule has 1 N–H and O–H groups in total. The highest BCUT2D eigenvalue weighted by molar-refractivity contribution is 6.43. The van der Waals surface area contributed by atoms with E-state index < -0.39 is 0 Å². The fourth-order valence-electron chi connectivity index (χ4n) is 2.83. The Bertz CT molecular complexity index is 735. The number of nitrogens with one attached hydrogen (secondary N) is 1. The molecule has 0 unspecified atom stereocenters. The standard InChI is InChI=1S/C19H21N3O/c1-14-9-11-17(12-10-14)20-21-19(15(2)23)22-13-5-7-16-6-3-4-8-18(16)22/h3-4,6,8-12,20H,5,7,13H2,1-2H3/b21-19-. The number of amidine groups is 1. The Morgan fingerprint density at radius 1 is 1.13 bits per heavy atom. The molecule has 1 aliphatic rings. The minimum absolute atomic E-state index is 0.0404. The minimum Gasteiger partial charge on any atom is -0.322 e. The van der Waals surface area contributed by atoms with Crippen LogP contribution in [0.3, 0.4) is 0 Å². The van der Waals surface area contributed by atoms with Gasteiger partial charge in [0.05, 0.1) is 5.69 Å². The summed E-state index contributed by atoms with van der Waals surface area (Å²) in [6.07, 6.45) is 2.07. The number of benzene rings is 2. The van der Waals surface area contributed by atoms with Gasteiger partial charge < -0.3 is 4.90 Å². The van der Waals surface area contributed by atoms with Gasteiger partial charge in [-0.2, -0.15) is 5.10 Å². The molecule has 0 aliphatic carbocycles. The molecule has 0 saturated heterocycles. The SMILES string of the molecule is CC(=O)/C(=N/Nc1ccc(C)cc1)N1CCCc2ccccc21. The van der Waals surface area contributed by atoms with E-state index in [1.165, 1.54) is 11.1 Å². The summed E-state index contributed by atoms with van der Waals surface area (Å²) < 4.78 is 0. The third kappa shape index (κ3) is 3.42. The number of hydrogen-bond acceptors (Lipinski definition) is 3. The van der Waals surface area contributed by atoms with Crippen molar-refractivity contribution in [1.29, 1.82) is 0 Å². The highest BCUT2D eigenvalue weighted by Gasteiger charge is 2.23. The van der Waals surface area contributed by atoms with Gasteiger partial charge in [0.25, 0.3) is 0 Å². The molecule has 0 saturated carbocycles. The van der Waals surface area contributed by atoms with Crippen LogP contribution in [0.5, 0.6) is 0 Å². The van der Waals surface area contributed by atoms with Crippen LogP contribution in [0.15, 0.2) is 53.6 Å². The number of hydrazone groups is 1. The zero-order valence-electron chi connectivity index (χ0n) is 13.5. The van der Waals surface area contributed by atoms with Crippen LogP contribution in [-0.2, 0) is 11.2 Å². The molecule has 4 nitrogen and oxygen atoms in total. The van der Waals surface area contributed by atoms with Gasteiger partial charge in [-0.3, -0.25) is 10.2 Å². The van der Waals surface area contributed by atoms with Gasteiger partial charge in [0.1, 0.15) is 0 Å². The lowest BCUT2D eigenvalue weighted by Gasteiger charge is -2.30. The lowest BCUT2D eigenvalue weighted by molar-refractivity contribution is -0.111. The molecule has 0 radical (unpaired) electrons. The lowest BCUT2D eigenvalue weighted by atomic mass is 10.0. The van der Waals surface area contributed by atoms with Gasteiger partial charge in [-0.05, 0) is 43.5 Å². The van der Waals surface area contributed by atoms with Crippen molar-refractivity contribution in [2.75, 3.05) is 16.9 Å². The Morgan fingerprint density at radius 2 is 1.87 bits per heavy atom. The van der Waals surface area contributed by atoms with Crippen molar-refractivity contribution in [3.05, 3.63) is 59.7 Å². The molecule has 0 fully saturated rings. The van der Waals surface area contributed by atoms with Crippen LogP contribution in [0.2, 0.25) is 0 Å². The van der Waals surface area contributed by atoms with Crippen LogP contribution in [0, 0.1) is 6.92 Å². The number of carbonyl (C=O) groups excluding carboxylic acids is 1. The largest absolute Gasteiger partial charge is 0.322 e. The summed E-state index contributed by atoms with van der Waals surface area (Å²) in [6.45, 7) is 4.41. The maximum atomic E-state index is 12.1. The molecule has 1 aliphatic heterocycles. The summed E-state index contributed by atoms with van der Waals surface area (Å²) in [5.41, 5.74) is 7.42. The van der Waals surface area contributed by atoms with E-state index in [0.717, 1.165) is 30.8 Å². The second-order valence-corrected chi connectivity index (χ2v) is 5.85. The summed E-state index contributed by atoms with van der Waals surface area (Å²) in [7, 11) is 0. The Morgan fingerprint density at radius 3 is 2.61 bits per heavy atom. The van der Waals surface area contributed by atoms with Crippen molar-refractivity contribution in [3.63, 3.8) is 0 Å². The van der Waals surface area contributed by atoms with Crippen molar-refractivity contribution in [2.24, 2.45) is 5.10 Å². The zero-order chi connectivity index (χ0) is 16.2. The number of carbonyl (C=O) groups is 1. The van der Waals surface area contributed by atoms with Crippen LogP contribution < -0.4 is 10.3 Å². The molecule has 0 spiro atoms. The number of para-hydroxylation sites is 1. The molecular weight excluding hydrogens is 286 g/mol. The molecule has 1 heterocycles. The zero-order valence-corrected chi connectivity index (χ0v) is 13.5. The highest BCUT2D eigenvalue weighted by atomic mass is 16.1. The van der Waals surface area contributed by atoms with Crippen LogP contribution in [-0.4, -0.2) is 18.2 Å². The number of anilines is 2. The number of ketones is 1. The molecule has 0 bridgehead atoms. The summed E-state index contributed by atoms with van der Waals surface area (Å²) in [4.78, 5) is 14.1. The number of Topliss-reactive ketones (excluding diaryl/α,β-unsaturated/α-hetero) is 1. The van der Waals surface area contributed by atoms with E-state index in [4.69, 9.17) is 0 Å². The summed E-state index contributed by atoms with van der Waals surface area (Å²) in [5, 5.41) is 4.39. The number of rotatable bonds is 3. The van der Waals surface area contributed by atoms with Gasteiger partial charge in [-0.1, -0.05) is 35.9 Å². The molecule has 118 valence electrons. The van der Waals surface area contributed by atoms with Gasteiger partial charge in [0, 0.05) is 19.2 Å². The minimum atomic E-state index is -0.0404. The molecule has 3 rings (SSSR count). The first kappa shape index (κ1) is 15.3. The van der Waals surface area contributed by atoms with E-state index in [2.05, 4.69) is 22.7 Å². The highest BCUT2D eigenvalue weighted by Crippen LogP contribution is 2.27. The Labute approximate surface area is 136 Å². The first-order chi connectivity index (χ1) is 11.1. The smallest absolute Gasteiger partial charge is 0.197 e. The maximum Gasteiger partial charge on any atom is 0.197 e. The second-order valence-electron chi connectivity index (χ2n) is 5.85. The van der Waals surface area contributed by atoms with Crippen LogP contribution >= 0.6 is 0 Å². The van der Waals surface area contributed by atoms with E-state index in [0.29, 0.717) is 5.84 Å². The van der Waals surface area contributed by atoms with Crippen molar-refractivity contribution in [1.82, 2.24) is 0 Å². The van der Waals surface area contributed by atoms with E-state index >= 15 is 0 Å². The van der Waals surface area contributed by atoms with Crippen molar-refractivity contribution in [2.45, 2.75) is 26.7 Å². The first-order valence-electron chi connectivity index (χ1n) is 7.92. The van der Waals surface area contributed by atoms with Crippen LogP contribution in [0.25, 0.3) is 0 Å². The van der Waals surface area contributed by atoms with Crippen LogP contribution in [0.4, 0.5) is 11.4 Å². The normalized spacial score (nSPS) is 14.3. The van der Waals surface area contributed by atoms with Crippen molar-refractivity contribution in [3.8, 4) is 0 Å².